The van der Waals surface area contributed by atoms with E-state index in [9.17, 15) is 9.59 Å². The summed E-state index contributed by atoms with van der Waals surface area (Å²) < 4.78 is 0. The van der Waals surface area contributed by atoms with E-state index in [0.29, 0.717) is 18.7 Å². The molecule has 24 heavy (non-hydrogen) atoms. The predicted molar refractivity (Wildman–Crippen MR) is 93.1 cm³/mol. The van der Waals surface area contributed by atoms with Gasteiger partial charge in [0.15, 0.2) is 0 Å². The van der Waals surface area contributed by atoms with Crippen LogP contribution in [0.2, 0.25) is 0 Å². The predicted octanol–water partition coefficient (Wildman–Crippen LogP) is 2.56. The molecule has 1 aromatic carbocycles. The van der Waals surface area contributed by atoms with E-state index in [1.54, 1.807) is 6.20 Å². The number of rotatable bonds is 8. The maximum atomic E-state index is 12.0. The molecule has 2 aromatic rings. The Labute approximate surface area is 142 Å². The summed E-state index contributed by atoms with van der Waals surface area (Å²) in [5.41, 5.74) is 1.96. The second-order valence-electron chi connectivity index (χ2n) is 5.60. The zero-order chi connectivity index (χ0) is 17.4. The van der Waals surface area contributed by atoms with Crippen molar-refractivity contribution < 1.29 is 9.59 Å². The van der Waals surface area contributed by atoms with Crippen molar-refractivity contribution in [3.63, 3.8) is 0 Å². The first-order chi connectivity index (χ1) is 11.6. The summed E-state index contributed by atoms with van der Waals surface area (Å²) in [4.78, 5) is 31.1. The van der Waals surface area contributed by atoms with Gasteiger partial charge in [-0.25, -0.2) is 4.98 Å². The first-order valence-electron chi connectivity index (χ1n) is 8.30. The number of carbonyl (C=O) groups is 2. The number of aromatic nitrogens is 2. The number of hydrogen-bond acceptors (Lipinski definition) is 3. The highest BCUT2D eigenvalue weighted by molar-refractivity contribution is 5.84. The molecule has 0 aliphatic carbocycles. The lowest BCUT2D eigenvalue weighted by molar-refractivity contribution is -0.126. The second kappa shape index (κ2) is 8.86. The number of aromatic amines is 1. The Morgan fingerprint density at radius 3 is 2.58 bits per heavy atom. The van der Waals surface area contributed by atoms with Crippen LogP contribution < -0.4 is 10.6 Å². The van der Waals surface area contributed by atoms with Crippen LogP contribution in [0.5, 0.6) is 0 Å². The monoisotopic (exact) mass is 328 g/mol. The Morgan fingerprint density at radius 2 is 1.92 bits per heavy atom. The lowest BCUT2D eigenvalue weighted by atomic mass is 10.2. The summed E-state index contributed by atoms with van der Waals surface area (Å²) in [6, 6.07) is 9.68. The third-order valence-electron chi connectivity index (χ3n) is 3.68. The van der Waals surface area contributed by atoms with Crippen LogP contribution in [-0.2, 0) is 9.59 Å². The minimum absolute atomic E-state index is 0.0123. The fraction of sp³-hybridized carbons (Fsp3) is 0.389. The molecule has 0 aliphatic rings. The SMILES string of the molecule is CCCC(=O)NCC(=O)N[C@@H](CC)c1ncc(-c2ccccc2)[nH]1. The van der Waals surface area contributed by atoms with Gasteiger partial charge in [0, 0.05) is 6.42 Å². The number of carbonyl (C=O) groups excluding carboxylic acids is 2. The molecule has 0 aliphatic heterocycles. The molecule has 0 unspecified atom stereocenters. The highest BCUT2D eigenvalue weighted by Crippen LogP contribution is 2.20. The molecule has 2 rings (SSSR count). The largest absolute Gasteiger partial charge is 0.347 e. The standard InChI is InChI=1S/C18H24N4O2/c1-3-8-16(23)19-12-17(24)21-14(4-2)18-20-11-15(22-18)13-9-6-5-7-10-13/h5-7,9-11,14H,3-4,8,12H2,1-2H3,(H,19,23)(H,20,22)(H,21,24)/t14-/m0/s1. The molecular formula is C18H24N4O2. The van der Waals surface area contributed by atoms with Gasteiger partial charge in [-0.05, 0) is 18.4 Å². The van der Waals surface area contributed by atoms with Crippen LogP contribution in [-0.4, -0.2) is 28.3 Å². The van der Waals surface area contributed by atoms with Gasteiger partial charge >= 0.3 is 0 Å². The van der Waals surface area contributed by atoms with Gasteiger partial charge in [-0.2, -0.15) is 0 Å². The minimum Gasteiger partial charge on any atom is -0.347 e. The van der Waals surface area contributed by atoms with Gasteiger partial charge in [0.05, 0.1) is 24.5 Å². The summed E-state index contributed by atoms with van der Waals surface area (Å²) in [6.07, 6.45) is 3.67. The molecule has 1 heterocycles. The second-order valence-corrected chi connectivity index (χ2v) is 5.60. The van der Waals surface area contributed by atoms with Gasteiger partial charge in [-0.15, -0.1) is 0 Å². The van der Waals surface area contributed by atoms with Gasteiger partial charge in [-0.3, -0.25) is 9.59 Å². The van der Waals surface area contributed by atoms with Crippen molar-refractivity contribution in [2.75, 3.05) is 6.54 Å². The topological polar surface area (TPSA) is 86.9 Å². The molecule has 0 saturated carbocycles. The summed E-state index contributed by atoms with van der Waals surface area (Å²) in [6.45, 7) is 3.89. The number of H-pyrrole nitrogens is 1. The fourth-order valence-electron chi connectivity index (χ4n) is 2.38. The number of nitrogens with one attached hydrogen (secondary N) is 3. The smallest absolute Gasteiger partial charge is 0.239 e. The van der Waals surface area contributed by atoms with Crippen molar-refractivity contribution in [1.29, 1.82) is 0 Å². The highest BCUT2D eigenvalue weighted by Gasteiger charge is 2.16. The lowest BCUT2D eigenvalue weighted by Gasteiger charge is -2.15. The van der Waals surface area contributed by atoms with E-state index < -0.39 is 0 Å². The number of nitrogens with zero attached hydrogens (tertiary/aromatic N) is 1. The normalized spacial score (nSPS) is 11.8. The molecule has 6 heteroatoms. The number of imidazole rings is 1. The maximum absolute atomic E-state index is 12.0. The van der Waals surface area contributed by atoms with Crippen molar-refractivity contribution in [1.82, 2.24) is 20.6 Å². The van der Waals surface area contributed by atoms with E-state index in [2.05, 4.69) is 20.6 Å². The molecule has 0 saturated heterocycles. The van der Waals surface area contributed by atoms with Crippen LogP contribution in [0.1, 0.15) is 45.0 Å². The van der Waals surface area contributed by atoms with Crippen molar-refractivity contribution in [3.8, 4) is 11.3 Å². The summed E-state index contributed by atoms with van der Waals surface area (Å²) >= 11 is 0. The maximum Gasteiger partial charge on any atom is 0.239 e. The lowest BCUT2D eigenvalue weighted by Crippen LogP contribution is -2.38. The van der Waals surface area contributed by atoms with Crippen molar-refractivity contribution in [3.05, 3.63) is 42.4 Å². The molecule has 2 amide bonds. The van der Waals surface area contributed by atoms with Gasteiger partial charge < -0.3 is 15.6 Å². The summed E-state index contributed by atoms with van der Waals surface area (Å²) in [7, 11) is 0. The molecule has 0 spiro atoms. The Hall–Kier alpha value is -2.63. The third kappa shape index (κ3) is 4.94. The number of benzene rings is 1. The van der Waals surface area contributed by atoms with E-state index in [4.69, 9.17) is 0 Å². The molecule has 0 radical (unpaired) electrons. The van der Waals surface area contributed by atoms with Gasteiger partial charge in [0.25, 0.3) is 0 Å². The van der Waals surface area contributed by atoms with Crippen LogP contribution >= 0.6 is 0 Å². The fourth-order valence-corrected chi connectivity index (χ4v) is 2.38. The quantitative estimate of drug-likeness (QED) is 0.696. The van der Waals surface area contributed by atoms with Crippen LogP contribution in [0.25, 0.3) is 11.3 Å². The molecular weight excluding hydrogens is 304 g/mol. The third-order valence-corrected chi connectivity index (χ3v) is 3.68. The van der Waals surface area contributed by atoms with E-state index in [1.165, 1.54) is 0 Å². The number of hydrogen-bond donors (Lipinski definition) is 3. The van der Waals surface area contributed by atoms with E-state index in [0.717, 1.165) is 17.7 Å². The van der Waals surface area contributed by atoms with Gasteiger partial charge in [0.1, 0.15) is 5.82 Å². The highest BCUT2D eigenvalue weighted by atomic mass is 16.2. The Morgan fingerprint density at radius 1 is 1.17 bits per heavy atom. The molecule has 1 aromatic heterocycles. The van der Waals surface area contributed by atoms with Crippen LogP contribution in [0.4, 0.5) is 0 Å². The van der Waals surface area contributed by atoms with Gasteiger partial charge in [-0.1, -0.05) is 44.2 Å². The average molecular weight is 328 g/mol. The van der Waals surface area contributed by atoms with Gasteiger partial charge in [0.2, 0.25) is 11.8 Å². The molecule has 1 atom stereocenters. The first kappa shape index (κ1) is 17.7. The minimum atomic E-state index is -0.219. The molecule has 0 fully saturated rings. The van der Waals surface area contributed by atoms with Crippen LogP contribution in [0, 0.1) is 0 Å². The molecule has 3 N–H and O–H groups in total. The first-order valence-corrected chi connectivity index (χ1v) is 8.30. The van der Waals surface area contributed by atoms with Crippen LogP contribution in [0.15, 0.2) is 36.5 Å². The van der Waals surface area contributed by atoms with Crippen molar-refractivity contribution in [2.24, 2.45) is 0 Å². The van der Waals surface area contributed by atoms with E-state index >= 15 is 0 Å². The average Bonchev–Trinajstić information content (AvgIpc) is 3.09. The Kier molecular flexibility index (Phi) is 6.54. The van der Waals surface area contributed by atoms with E-state index in [1.807, 2.05) is 44.2 Å². The zero-order valence-corrected chi connectivity index (χ0v) is 14.1. The molecule has 6 nitrogen and oxygen atoms in total. The van der Waals surface area contributed by atoms with Crippen molar-refractivity contribution in [2.45, 2.75) is 39.2 Å². The number of amides is 2. The summed E-state index contributed by atoms with van der Waals surface area (Å²) in [5.74, 6) is 0.388. The molecule has 128 valence electrons. The van der Waals surface area contributed by atoms with Crippen LogP contribution in [0.3, 0.4) is 0 Å². The zero-order valence-electron chi connectivity index (χ0n) is 14.1. The van der Waals surface area contributed by atoms with E-state index in [-0.39, 0.29) is 24.4 Å². The molecule has 0 bridgehead atoms. The summed E-state index contributed by atoms with van der Waals surface area (Å²) in [5, 5.41) is 5.51. The Balaban J connectivity index is 1.95. The van der Waals surface area contributed by atoms with Crippen molar-refractivity contribution >= 4 is 11.8 Å². The Bertz CT molecular complexity index is 667.